The molecule has 0 atom stereocenters. The van der Waals surface area contributed by atoms with Crippen LogP contribution in [0.2, 0.25) is 0 Å². The maximum absolute atomic E-state index is 13.7. The number of ether oxygens (including phenoxy) is 6. The second-order valence-electron chi connectivity index (χ2n) is 17.8. The third-order valence-corrected chi connectivity index (χ3v) is 12.3. The second-order valence-corrected chi connectivity index (χ2v) is 17.8. The molecular weight excluding hydrogens is 973 g/mol. The van der Waals surface area contributed by atoms with Crippen molar-refractivity contribution in [2.45, 2.75) is 19.3 Å². The van der Waals surface area contributed by atoms with Crippen LogP contribution in [0.25, 0.3) is 12.2 Å². The summed E-state index contributed by atoms with van der Waals surface area (Å²) in [6.45, 7) is 4.28. The van der Waals surface area contributed by atoms with Crippen molar-refractivity contribution in [3.63, 3.8) is 0 Å². The van der Waals surface area contributed by atoms with Crippen LogP contribution in [0.4, 0.5) is 11.4 Å². The van der Waals surface area contributed by atoms with Gasteiger partial charge < -0.3 is 49.7 Å². The van der Waals surface area contributed by atoms with Gasteiger partial charge in [0, 0.05) is 27.9 Å². The Morgan fingerprint density at radius 1 is 0.390 bits per heavy atom. The van der Waals surface area contributed by atoms with Gasteiger partial charge in [-0.3, -0.25) is 19.2 Å². The Labute approximate surface area is 446 Å². The predicted molar refractivity (Wildman–Crippen MR) is 298 cm³/mol. The van der Waals surface area contributed by atoms with Gasteiger partial charge >= 0.3 is 0 Å². The molecule has 0 unspecified atom stereocenters. The summed E-state index contributed by atoms with van der Waals surface area (Å²) in [7, 11) is 6.12. The van der Waals surface area contributed by atoms with E-state index in [-0.39, 0.29) is 16.8 Å². The van der Waals surface area contributed by atoms with Crippen molar-refractivity contribution in [3.05, 3.63) is 239 Å². The van der Waals surface area contributed by atoms with Crippen molar-refractivity contribution >= 4 is 47.2 Å². The molecule has 0 saturated heterocycles. The van der Waals surface area contributed by atoms with Crippen LogP contribution in [0.3, 0.4) is 0 Å². The largest absolute Gasteiger partial charge is 0.493 e. The molecule has 4 N–H and O–H groups in total. The smallest absolute Gasteiger partial charge is 0.272 e. The van der Waals surface area contributed by atoms with Gasteiger partial charge in [-0.05, 0) is 156 Å². The molecule has 8 aromatic rings. The van der Waals surface area contributed by atoms with Gasteiger partial charge in [0.2, 0.25) is 0 Å². The Morgan fingerprint density at radius 2 is 0.714 bits per heavy atom. The topological polar surface area (TPSA) is 172 Å². The highest BCUT2D eigenvalue weighted by molar-refractivity contribution is 6.11. The predicted octanol–water partition coefficient (Wildman–Crippen LogP) is 12.5. The van der Waals surface area contributed by atoms with E-state index in [2.05, 4.69) is 35.1 Å². The first-order valence-electron chi connectivity index (χ1n) is 24.3. The van der Waals surface area contributed by atoms with Crippen LogP contribution in [-0.4, -0.2) is 52.1 Å². The molecule has 14 heteroatoms. The number of benzene rings is 8. The van der Waals surface area contributed by atoms with Gasteiger partial charge in [0.1, 0.15) is 34.4 Å². The lowest BCUT2D eigenvalue weighted by Crippen LogP contribution is -2.30. The fraction of sp³-hybridized carbons (Fsp3) is 0.111. The van der Waals surface area contributed by atoms with Crippen molar-refractivity contribution in [1.82, 2.24) is 10.6 Å². The van der Waals surface area contributed by atoms with Crippen molar-refractivity contribution in [3.8, 4) is 46.0 Å². The molecule has 0 bridgehead atoms. The number of hydrogen-bond acceptors (Lipinski definition) is 10. The van der Waals surface area contributed by atoms with Gasteiger partial charge in [0.05, 0.1) is 28.4 Å². The van der Waals surface area contributed by atoms with Gasteiger partial charge in [0.25, 0.3) is 23.6 Å². The average molecular weight is 1030 g/mol. The van der Waals surface area contributed by atoms with E-state index >= 15 is 0 Å². The number of carbonyl (C=O) groups excluding carboxylic acids is 4. The molecule has 0 fully saturated rings. The third kappa shape index (κ3) is 13.8. The molecule has 0 heterocycles. The number of hydrogen-bond donors (Lipinski definition) is 4. The quantitative estimate of drug-likeness (QED) is 0.0539. The Kier molecular flexibility index (Phi) is 17.1. The second kappa shape index (κ2) is 24.8. The molecule has 0 radical (unpaired) electrons. The van der Waals surface area contributed by atoms with E-state index in [1.807, 2.05) is 48.5 Å². The summed E-state index contributed by atoms with van der Waals surface area (Å²) in [6, 6.07) is 57.2. The molecule has 4 amide bonds. The van der Waals surface area contributed by atoms with Gasteiger partial charge in [-0.15, -0.1) is 0 Å². The minimum absolute atomic E-state index is 0.0214. The van der Waals surface area contributed by atoms with Gasteiger partial charge in [-0.2, -0.15) is 0 Å². The van der Waals surface area contributed by atoms with E-state index in [9.17, 15) is 19.2 Å². The summed E-state index contributed by atoms with van der Waals surface area (Å²) < 4.78 is 34.0. The number of nitrogens with one attached hydrogen (secondary N) is 4. The van der Waals surface area contributed by atoms with E-state index in [0.717, 1.165) is 11.1 Å². The van der Waals surface area contributed by atoms with Gasteiger partial charge in [-0.1, -0.05) is 86.6 Å². The summed E-state index contributed by atoms with van der Waals surface area (Å²) in [5.41, 5.74) is 4.77. The van der Waals surface area contributed by atoms with Gasteiger partial charge in [0.15, 0.2) is 23.0 Å². The van der Waals surface area contributed by atoms with Crippen molar-refractivity contribution in [1.29, 1.82) is 0 Å². The summed E-state index contributed by atoms with van der Waals surface area (Å²) in [5.74, 6) is 2.41. The number of carbonyl (C=O) groups is 4. The lowest BCUT2D eigenvalue weighted by Gasteiger charge is -2.26. The first-order valence-corrected chi connectivity index (χ1v) is 24.3. The van der Waals surface area contributed by atoms with Crippen LogP contribution < -0.4 is 49.7 Å². The van der Waals surface area contributed by atoms with E-state index in [4.69, 9.17) is 28.4 Å². The SMILES string of the molecule is COc1ccc(/C=C(\NC(=O)c2ccccc2)C(=O)Nc2ccc(Oc3ccc(C(C)(C)c4ccc(Oc5ccc(NC(=O)/C(=C/c6ccc(OC)c(OC)c6)NC(=O)c6ccccc6)cc5)cc4)cc3)cc2)cc1OC. The third-order valence-electron chi connectivity index (χ3n) is 12.3. The lowest BCUT2D eigenvalue weighted by molar-refractivity contribution is -0.113. The highest BCUT2D eigenvalue weighted by atomic mass is 16.5. The molecule has 77 heavy (non-hydrogen) atoms. The zero-order chi connectivity index (χ0) is 54.3. The highest BCUT2D eigenvalue weighted by Gasteiger charge is 2.24. The standard InChI is InChI=1S/C63H56N4O10/c1-63(2,45-19-27-49(28-20-45)76-51-31-23-47(24-32-51)64-61(70)53(66-59(68)43-13-9-7-10-14-43)37-41-17-35-55(72-3)57(39-41)74-5)46-21-29-50(30-22-46)77-52-33-25-48(26-34-52)65-62(71)54(67-60(69)44-15-11-8-12-16-44)38-42-18-36-56(73-4)58(40-42)75-6/h7-40H,1-6H3,(H,64,70)(H,65,71)(H,66,68)(H,67,69)/b53-37-,54-38-. The fourth-order valence-corrected chi connectivity index (χ4v) is 8.03. The Balaban J connectivity index is 0.871. The van der Waals surface area contributed by atoms with Crippen LogP contribution in [-0.2, 0) is 15.0 Å². The fourth-order valence-electron chi connectivity index (χ4n) is 8.03. The lowest BCUT2D eigenvalue weighted by atomic mass is 9.78. The number of methoxy groups -OCH3 is 4. The number of anilines is 2. The van der Waals surface area contributed by atoms with Crippen molar-refractivity contribution in [2.24, 2.45) is 0 Å². The van der Waals surface area contributed by atoms with E-state index in [1.54, 1.807) is 158 Å². The number of amides is 4. The molecule has 8 aromatic carbocycles. The van der Waals surface area contributed by atoms with Crippen molar-refractivity contribution < 1.29 is 47.6 Å². The molecule has 0 aliphatic heterocycles. The Morgan fingerprint density at radius 3 is 1.04 bits per heavy atom. The molecule has 8 rings (SSSR count). The van der Waals surface area contributed by atoms with E-state index in [0.29, 0.717) is 79.6 Å². The maximum Gasteiger partial charge on any atom is 0.272 e. The Bertz CT molecular complexity index is 3190. The molecule has 0 spiro atoms. The van der Waals surface area contributed by atoms with Crippen LogP contribution >= 0.6 is 0 Å². The first-order chi connectivity index (χ1) is 37.3. The summed E-state index contributed by atoms with van der Waals surface area (Å²) in [4.78, 5) is 53.7. The molecule has 0 aliphatic carbocycles. The zero-order valence-electron chi connectivity index (χ0n) is 43.2. The Hall–Kier alpha value is -10.1. The molecular formula is C63H56N4O10. The molecule has 0 saturated carbocycles. The summed E-state index contributed by atoms with van der Waals surface area (Å²) in [5, 5.41) is 11.3. The average Bonchev–Trinajstić information content (AvgIpc) is 3.46. The highest BCUT2D eigenvalue weighted by Crippen LogP contribution is 2.36. The summed E-state index contributed by atoms with van der Waals surface area (Å²) in [6.07, 6.45) is 3.13. The minimum atomic E-state index is -0.533. The summed E-state index contributed by atoms with van der Waals surface area (Å²) >= 11 is 0. The minimum Gasteiger partial charge on any atom is -0.493 e. The molecule has 0 aromatic heterocycles. The van der Waals surface area contributed by atoms with Crippen LogP contribution in [0, 0.1) is 0 Å². The number of rotatable bonds is 20. The molecule has 0 aliphatic rings. The first kappa shape index (κ1) is 53.2. The van der Waals surface area contributed by atoms with E-state index < -0.39 is 23.6 Å². The molecule has 388 valence electrons. The maximum atomic E-state index is 13.7. The van der Waals surface area contributed by atoms with Crippen molar-refractivity contribution in [2.75, 3.05) is 39.1 Å². The van der Waals surface area contributed by atoms with E-state index in [1.165, 1.54) is 28.4 Å². The van der Waals surface area contributed by atoms with Gasteiger partial charge in [-0.25, -0.2) is 0 Å². The van der Waals surface area contributed by atoms with Crippen LogP contribution in [0.5, 0.6) is 46.0 Å². The zero-order valence-corrected chi connectivity index (χ0v) is 43.2. The molecule has 14 nitrogen and oxygen atoms in total. The normalized spacial score (nSPS) is 11.4. The monoisotopic (exact) mass is 1030 g/mol. The van der Waals surface area contributed by atoms with Crippen LogP contribution in [0.15, 0.2) is 206 Å². The van der Waals surface area contributed by atoms with Crippen LogP contribution in [0.1, 0.15) is 56.8 Å².